The first kappa shape index (κ1) is 13.0. The van der Waals surface area contributed by atoms with Gasteiger partial charge in [0, 0.05) is 12.6 Å². The minimum atomic E-state index is 0.0450. The monoisotopic (exact) mass is 241 g/mol. The van der Waals surface area contributed by atoms with Crippen molar-refractivity contribution in [3.8, 4) is 0 Å². The number of amides is 1. The lowest BCUT2D eigenvalue weighted by Gasteiger charge is -2.26. The van der Waals surface area contributed by atoms with Gasteiger partial charge in [-0.2, -0.15) is 0 Å². The Morgan fingerprint density at radius 3 is 2.56 bits per heavy atom. The quantitative estimate of drug-likeness (QED) is 0.880. The number of nitrogen functional groups attached to an aromatic ring is 1. The molecular formula is C11H19N3OS. The van der Waals surface area contributed by atoms with E-state index in [2.05, 4.69) is 18.8 Å². The Morgan fingerprint density at radius 1 is 1.56 bits per heavy atom. The summed E-state index contributed by atoms with van der Waals surface area (Å²) in [6.45, 7) is 8.66. The van der Waals surface area contributed by atoms with Crippen molar-refractivity contribution in [1.82, 2.24) is 9.88 Å². The Balaban J connectivity index is 2.95. The summed E-state index contributed by atoms with van der Waals surface area (Å²) in [4.78, 5) is 18.9. The summed E-state index contributed by atoms with van der Waals surface area (Å²) in [6, 6.07) is 0.250. The van der Waals surface area contributed by atoms with Crippen molar-refractivity contribution in [1.29, 1.82) is 0 Å². The summed E-state index contributed by atoms with van der Waals surface area (Å²) < 4.78 is 0. The number of carbonyl (C=O) groups is 1. The SMILES string of the molecule is CCC(C)N(CC)C(=O)c1sc(N)nc1C. The second kappa shape index (κ2) is 5.30. The fourth-order valence-electron chi connectivity index (χ4n) is 1.62. The number of hydrogen-bond acceptors (Lipinski definition) is 4. The number of aromatic nitrogens is 1. The Labute approximate surface area is 100 Å². The molecule has 16 heavy (non-hydrogen) atoms. The molecular weight excluding hydrogens is 222 g/mol. The topological polar surface area (TPSA) is 59.2 Å². The molecule has 4 nitrogen and oxygen atoms in total. The summed E-state index contributed by atoms with van der Waals surface area (Å²) in [5.41, 5.74) is 6.33. The van der Waals surface area contributed by atoms with Crippen LogP contribution < -0.4 is 5.73 Å². The summed E-state index contributed by atoms with van der Waals surface area (Å²) in [6.07, 6.45) is 0.951. The average molecular weight is 241 g/mol. The second-order valence-electron chi connectivity index (χ2n) is 3.82. The van der Waals surface area contributed by atoms with Crippen LogP contribution in [0.3, 0.4) is 0 Å². The Hall–Kier alpha value is -1.10. The predicted octanol–water partition coefficient (Wildman–Crippen LogP) is 2.29. The van der Waals surface area contributed by atoms with Crippen LogP contribution in [0.1, 0.15) is 42.6 Å². The molecule has 0 spiro atoms. The van der Waals surface area contributed by atoms with Gasteiger partial charge in [0.25, 0.3) is 5.91 Å². The van der Waals surface area contributed by atoms with E-state index < -0.39 is 0 Å². The van der Waals surface area contributed by atoms with Gasteiger partial charge in [0.05, 0.1) is 5.69 Å². The number of hydrogen-bond donors (Lipinski definition) is 1. The largest absolute Gasteiger partial charge is 0.375 e. The standard InChI is InChI=1S/C11H19N3OS/c1-5-7(3)14(6-2)10(15)9-8(4)13-11(12)16-9/h7H,5-6H2,1-4H3,(H2,12,13). The molecule has 0 aliphatic rings. The fourth-order valence-corrected chi connectivity index (χ4v) is 2.41. The Morgan fingerprint density at radius 2 is 2.19 bits per heavy atom. The lowest BCUT2D eigenvalue weighted by atomic mass is 10.2. The maximum Gasteiger partial charge on any atom is 0.266 e. The van der Waals surface area contributed by atoms with Crippen LogP contribution in [0.25, 0.3) is 0 Å². The van der Waals surface area contributed by atoms with E-state index in [0.717, 1.165) is 12.1 Å². The van der Waals surface area contributed by atoms with E-state index in [4.69, 9.17) is 5.73 Å². The minimum Gasteiger partial charge on any atom is -0.375 e. The van der Waals surface area contributed by atoms with E-state index in [9.17, 15) is 4.79 Å². The normalized spacial score (nSPS) is 12.5. The number of nitrogens with zero attached hydrogens (tertiary/aromatic N) is 2. The first-order valence-corrected chi connectivity index (χ1v) is 6.36. The lowest BCUT2D eigenvalue weighted by Crippen LogP contribution is -2.38. The molecule has 0 saturated carbocycles. The minimum absolute atomic E-state index is 0.0450. The zero-order valence-corrected chi connectivity index (χ0v) is 11.1. The molecule has 1 heterocycles. The van der Waals surface area contributed by atoms with E-state index in [1.165, 1.54) is 11.3 Å². The van der Waals surface area contributed by atoms with Gasteiger partial charge in [-0.15, -0.1) is 0 Å². The molecule has 0 aliphatic carbocycles. The molecule has 0 fully saturated rings. The van der Waals surface area contributed by atoms with Crippen LogP contribution in [-0.4, -0.2) is 28.4 Å². The van der Waals surface area contributed by atoms with Gasteiger partial charge in [-0.25, -0.2) is 4.98 Å². The van der Waals surface area contributed by atoms with E-state index in [1.807, 2.05) is 18.7 Å². The van der Waals surface area contributed by atoms with Crippen LogP contribution in [0.2, 0.25) is 0 Å². The highest BCUT2D eigenvalue weighted by Crippen LogP contribution is 2.22. The van der Waals surface area contributed by atoms with Crippen LogP contribution in [0.5, 0.6) is 0 Å². The van der Waals surface area contributed by atoms with Gasteiger partial charge in [0.1, 0.15) is 4.88 Å². The average Bonchev–Trinajstić information content (AvgIpc) is 2.58. The molecule has 0 radical (unpaired) electrons. The predicted molar refractivity (Wildman–Crippen MR) is 67.7 cm³/mol. The number of rotatable bonds is 4. The smallest absolute Gasteiger partial charge is 0.266 e. The third-order valence-corrected chi connectivity index (χ3v) is 3.71. The molecule has 1 amide bonds. The molecule has 1 aromatic rings. The van der Waals surface area contributed by atoms with Gasteiger partial charge in [-0.3, -0.25) is 4.79 Å². The van der Waals surface area contributed by atoms with Crippen LogP contribution in [-0.2, 0) is 0 Å². The molecule has 2 N–H and O–H groups in total. The highest BCUT2D eigenvalue weighted by molar-refractivity contribution is 7.17. The van der Waals surface area contributed by atoms with Crippen LogP contribution >= 0.6 is 11.3 Å². The van der Waals surface area contributed by atoms with Gasteiger partial charge in [-0.05, 0) is 27.2 Å². The molecule has 5 heteroatoms. The van der Waals surface area contributed by atoms with Crippen molar-refractivity contribution in [3.63, 3.8) is 0 Å². The number of nitrogens with two attached hydrogens (primary N) is 1. The van der Waals surface area contributed by atoms with E-state index >= 15 is 0 Å². The Bertz CT molecular complexity index is 375. The van der Waals surface area contributed by atoms with Gasteiger partial charge >= 0.3 is 0 Å². The number of aryl methyl sites for hydroxylation is 1. The maximum atomic E-state index is 12.3. The molecule has 0 bridgehead atoms. The summed E-state index contributed by atoms with van der Waals surface area (Å²) in [5.74, 6) is 0.0450. The van der Waals surface area contributed by atoms with Crippen LogP contribution in [0.4, 0.5) is 5.13 Å². The molecule has 1 unspecified atom stereocenters. The fraction of sp³-hybridized carbons (Fsp3) is 0.636. The van der Waals surface area contributed by atoms with Crippen molar-refractivity contribution < 1.29 is 4.79 Å². The highest BCUT2D eigenvalue weighted by atomic mass is 32.1. The third-order valence-electron chi connectivity index (χ3n) is 2.73. The molecule has 0 saturated heterocycles. The van der Waals surface area contributed by atoms with E-state index in [-0.39, 0.29) is 11.9 Å². The lowest BCUT2D eigenvalue weighted by molar-refractivity contribution is 0.0704. The van der Waals surface area contributed by atoms with Crippen molar-refractivity contribution in [2.75, 3.05) is 12.3 Å². The van der Waals surface area contributed by atoms with Crippen molar-refractivity contribution in [3.05, 3.63) is 10.6 Å². The van der Waals surface area contributed by atoms with Crippen LogP contribution in [0, 0.1) is 6.92 Å². The summed E-state index contributed by atoms with van der Waals surface area (Å²) >= 11 is 1.27. The second-order valence-corrected chi connectivity index (χ2v) is 4.85. The zero-order valence-electron chi connectivity index (χ0n) is 10.3. The van der Waals surface area contributed by atoms with Crippen molar-refractivity contribution in [2.45, 2.75) is 40.2 Å². The zero-order chi connectivity index (χ0) is 12.3. The molecule has 1 aromatic heterocycles. The van der Waals surface area contributed by atoms with Crippen LogP contribution in [0.15, 0.2) is 0 Å². The molecule has 90 valence electrons. The number of anilines is 1. The number of carbonyl (C=O) groups excluding carboxylic acids is 1. The van der Waals surface area contributed by atoms with Gasteiger partial charge in [-0.1, -0.05) is 18.3 Å². The van der Waals surface area contributed by atoms with Crippen molar-refractivity contribution in [2.24, 2.45) is 0 Å². The maximum absolute atomic E-state index is 12.3. The van der Waals surface area contributed by atoms with E-state index in [0.29, 0.717) is 16.6 Å². The Kier molecular flexibility index (Phi) is 4.29. The molecule has 0 aliphatic heterocycles. The summed E-state index contributed by atoms with van der Waals surface area (Å²) in [5, 5.41) is 0.459. The number of thiazole rings is 1. The van der Waals surface area contributed by atoms with Gasteiger partial charge in [0.15, 0.2) is 5.13 Å². The van der Waals surface area contributed by atoms with E-state index in [1.54, 1.807) is 0 Å². The van der Waals surface area contributed by atoms with Crippen molar-refractivity contribution >= 4 is 22.4 Å². The first-order chi connectivity index (χ1) is 7.51. The first-order valence-electron chi connectivity index (χ1n) is 5.55. The highest BCUT2D eigenvalue weighted by Gasteiger charge is 2.22. The molecule has 1 rings (SSSR count). The molecule has 0 aromatic carbocycles. The van der Waals surface area contributed by atoms with Gasteiger partial charge < -0.3 is 10.6 Å². The molecule has 1 atom stereocenters. The van der Waals surface area contributed by atoms with Gasteiger partial charge in [0.2, 0.25) is 0 Å². The summed E-state index contributed by atoms with van der Waals surface area (Å²) in [7, 11) is 0. The third kappa shape index (κ3) is 2.52.